The first-order valence-corrected chi connectivity index (χ1v) is 11.6. The summed E-state index contributed by atoms with van der Waals surface area (Å²) in [5.74, 6) is -0.708. The SMILES string of the molecule is N#C/C(C(=O)NCc1ccccc1)=C1/S[C@H](Cc2ccccc2Cl)C(=O)N1c1ccccc1. The van der Waals surface area contributed by atoms with Crippen LogP contribution < -0.4 is 10.2 Å². The van der Waals surface area contributed by atoms with Gasteiger partial charge in [0.1, 0.15) is 16.7 Å². The normalized spacial score (nSPS) is 16.9. The third kappa shape index (κ3) is 5.11. The van der Waals surface area contributed by atoms with E-state index < -0.39 is 11.2 Å². The van der Waals surface area contributed by atoms with E-state index in [0.717, 1.165) is 11.1 Å². The summed E-state index contributed by atoms with van der Waals surface area (Å²) in [5.41, 5.74) is 2.27. The lowest BCUT2D eigenvalue weighted by Crippen LogP contribution is -2.32. The van der Waals surface area contributed by atoms with E-state index in [1.165, 1.54) is 16.7 Å². The molecule has 0 radical (unpaired) electrons. The summed E-state index contributed by atoms with van der Waals surface area (Å²) in [6, 6.07) is 27.9. The molecule has 3 aromatic rings. The van der Waals surface area contributed by atoms with Crippen molar-refractivity contribution < 1.29 is 9.59 Å². The molecular weight excluding hydrogens is 454 g/mol. The van der Waals surface area contributed by atoms with E-state index in [-0.39, 0.29) is 18.0 Å². The second-order valence-corrected chi connectivity index (χ2v) is 8.97. The predicted molar refractivity (Wildman–Crippen MR) is 131 cm³/mol. The second kappa shape index (κ2) is 10.4. The fraction of sp³-hybridized carbons (Fsp3) is 0.115. The van der Waals surface area contributed by atoms with Crippen molar-refractivity contribution in [3.8, 4) is 6.07 Å². The minimum Gasteiger partial charge on any atom is -0.347 e. The molecule has 1 aliphatic rings. The molecule has 1 N–H and O–H groups in total. The molecule has 1 aliphatic heterocycles. The summed E-state index contributed by atoms with van der Waals surface area (Å²) in [6.07, 6.45) is 0.389. The monoisotopic (exact) mass is 473 g/mol. The minimum absolute atomic E-state index is 0.0882. The summed E-state index contributed by atoms with van der Waals surface area (Å²) in [4.78, 5) is 27.9. The van der Waals surface area contributed by atoms with Crippen LogP contribution in [0.15, 0.2) is 95.5 Å². The highest BCUT2D eigenvalue weighted by atomic mass is 35.5. The molecule has 3 aromatic carbocycles. The lowest BCUT2D eigenvalue weighted by atomic mass is 10.1. The van der Waals surface area contributed by atoms with Crippen LogP contribution in [-0.2, 0) is 22.6 Å². The van der Waals surface area contributed by atoms with Crippen molar-refractivity contribution in [3.05, 3.63) is 112 Å². The zero-order valence-electron chi connectivity index (χ0n) is 17.6. The van der Waals surface area contributed by atoms with Gasteiger partial charge in [-0.2, -0.15) is 5.26 Å². The Hall–Kier alpha value is -3.53. The van der Waals surface area contributed by atoms with Crippen molar-refractivity contribution in [3.63, 3.8) is 0 Å². The second-order valence-electron chi connectivity index (χ2n) is 7.37. The Kier molecular flexibility index (Phi) is 7.13. The summed E-state index contributed by atoms with van der Waals surface area (Å²) in [7, 11) is 0. The molecule has 1 atom stereocenters. The molecule has 7 heteroatoms. The molecule has 0 spiro atoms. The van der Waals surface area contributed by atoms with Gasteiger partial charge in [-0.05, 0) is 35.7 Å². The number of hydrogen-bond acceptors (Lipinski definition) is 4. The zero-order valence-corrected chi connectivity index (χ0v) is 19.1. The minimum atomic E-state index is -0.518. The van der Waals surface area contributed by atoms with Crippen molar-refractivity contribution in [2.24, 2.45) is 0 Å². The Balaban J connectivity index is 1.67. The average Bonchev–Trinajstić information content (AvgIpc) is 3.16. The lowest BCUT2D eigenvalue weighted by Gasteiger charge is -2.18. The van der Waals surface area contributed by atoms with E-state index in [4.69, 9.17) is 11.6 Å². The summed E-state index contributed by atoms with van der Waals surface area (Å²) in [5, 5.41) is 13.1. The summed E-state index contributed by atoms with van der Waals surface area (Å²) >= 11 is 7.54. The largest absolute Gasteiger partial charge is 0.347 e. The first-order chi connectivity index (χ1) is 16.1. The van der Waals surface area contributed by atoms with Crippen molar-refractivity contribution in [2.45, 2.75) is 18.2 Å². The Bertz CT molecular complexity index is 1240. The Morgan fingerprint density at radius 2 is 1.64 bits per heavy atom. The smallest absolute Gasteiger partial charge is 0.264 e. The standard InChI is InChI=1S/C26H20ClN3O2S/c27-22-14-8-7-11-19(22)15-23-25(32)30(20-12-5-2-6-13-20)26(33-23)21(16-28)24(31)29-17-18-9-3-1-4-10-18/h1-14,23H,15,17H2,(H,29,31)/b26-21-/t23-/m1/s1. The van der Waals surface area contributed by atoms with Gasteiger partial charge in [0, 0.05) is 17.3 Å². The number of amides is 2. The van der Waals surface area contributed by atoms with Crippen LogP contribution in [0.4, 0.5) is 5.69 Å². The maximum Gasteiger partial charge on any atom is 0.264 e. The van der Waals surface area contributed by atoms with Crippen LogP contribution in [0.2, 0.25) is 5.02 Å². The molecule has 0 aromatic heterocycles. The number of carbonyl (C=O) groups is 2. The molecule has 1 saturated heterocycles. The van der Waals surface area contributed by atoms with E-state index in [9.17, 15) is 14.9 Å². The first-order valence-electron chi connectivity index (χ1n) is 10.3. The van der Waals surface area contributed by atoms with Crippen LogP contribution in [-0.4, -0.2) is 17.1 Å². The molecule has 0 aliphatic carbocycles. The molecule has 4 rings (SSSR count). The van der Waals surface area contributed by atoms with Crippen LogP contribution in [0.1, 0.15) is 11.1 Å². The van der Waals surface area contributed by atoms with Gasteiger partial charge in [-0.1, -0.05) is 90.1 Å². The van der Waals surface area contributed by atoms with Gasteiger partial charge in [0.15, 0.2) is 0 Å². The summed E-state index contributed by atoms with van der Waals surface area (Å²) < 4.78 is 0. The van der Waals surface area contributed by atoms with Gasteiger partial charge in [-0.25, -0.2) is 0 Å². The van der Waals surface area contributed by atoms with Crippen molar-refractivity contribution in [1.29, 1.82) is 5.26 Å². The fourth-order valence-corrected chi connectivity index (χ4v) is 5.04. The number of thioether (sulfide) groups is 1. The van der Waals surface area contributed by atoms with Gasteiger partial charge in [0.05, 0.1) is 5.25 Å². The Labute approximate surface area is 201 Å². The maximum atomic E-state index is 13.4. The van der Waals surface area contributed by atoms with Gasteiger partial charge in [0.25, 0.3) is 5.91 Å². The van der Waals surface area contributed by atoms with Gasteiger partial charge >= 0.3 is 0 Å². The zero-order chi connectivity index (χ0) is 23.2. The number of carbonyl (C=O) groups excluding carboxylic acids is 2. The quantitative estimate of drug-likeness (QED) is 0.400. The predicted octanol–water partition coefficient (Wildman–Crippen LogP) is 5.08. The van der Waals surface area contributed by atoms with E-state index in [1.54, 1.807) is 18.2 Å². The van der Waals surface area contributed by atoms with E-state index in [0.29, 0.717) is 22.2 Å². The van der Waals surface area contributed by atoms with Crippen LogP contribution in [0.25, 0.3) is 0 Å². The number of hydrogen-bond donors (Lipinski definition) is 1. The Morgan fingerprint density at radius 1 is 1.00 bits per heavy atom. The van der Waals surface area contributed by atoms with Gasteiger partial charge < -0.3 is 5.32 Å². The summed E-state index contributed by atoms with van der Waals surface area (Å²) in [6.45, 7) is 0.283. The lowest BCUT2D eigenvalue weighted by molar-refractivity contribution is -0.117. The van der Waals surface area contributed by atoms with Gasteiger partial charge in [0.2, 0.25) is 5.91 Å². The molecule has 0 bridgehead atoms. The Morgan fingerprint density at radius 3 is 2.30 bits per heavy atom. The number of anilines is 1. The van der Waals surface area contributed by atoms with Crippen LogP contribution in [0.3, 0.4) is 0 Å². The topological polar surface area (TPSA) is 73.2 Å². The third-order valence-corrected chi connectivity index (χ3v) is 6.81. The highest BCUT2D eigenvalue weighted by Gasteiger charge is 2.40. The van der Waals surface area contributed by atoms with E-state index in [2.05, 4.69) is 5.32 Å². The molecule has 1 fully saturated rings. The molecule has 0 unspecified atom stereocenters. The number of benzene rings is 3. The molecule has 5 nitrogen and oxygen atoms in total. The first kappa shape index (κ1) is 22.7. The molecule has 164 valence electrons. The maximum absolute atomic E-state index is 13.4. The van der Waals surface area contributed by atoms with Crippen LogP contribution >= 0.6 is 23.4 Å². The number of nitriles is 1. The number of nitrogens with zero attached hydrogens (tertiary/aromatic N) is 2. The molecule has 1 heterocycles. The van der Waals surface area contributed by atoms with E-state index in [1.807, 2.05) is 72.8 Å². The van der Waals surface area contributed by atoms with Crippen molar-refractivity contribution in [2.75, 3.05) is 4.90 Å². The van der Waals surface area contributed by atoms with Gasteiger partial charge in [-0.15, -0.1) is 0 Å². The number of nitrogens with one attached hydrogen (secondary N) is 1. The average molecular weight is 474 g/mol. The number of para-hydroxylation sites is 1. The van der Waals surface area contributed by atoms with Crippen molar-refractivity contribution >= 4 is 40.9 Å². The molecule has 0 saturated carbocycles. The van der Waals surface area contributed by atoms with Crippen LogP contribution in [0, 0.1) is 11.3 Å². The molecule has 2 amide bonds. The van der Waals surface area contributed by atoms with Crippen molar-refractivity contribution in [1.82, 2.24) is 5.32 Å². The van der Waals surface area contributed by atoms with Gasteiger partial charge in [-0.3, -0.25) is 14.5 Å². The fourth-order valence-electron chi connectivity index (χ4n) is 3.53. The number of halogens is 1. The highest BCUT2D eigenvalue weighted by molar-refractivity contribution is 8.05. The van der Waals surface area contributed by atoms with E-state index >= 15 is 0 Å². The van der Waals surface area contributed by atoms with Crippen LogP contribution in [0.5, 0.6) is 0 Å². The highest BCUT2D eigenvalue weighted by Crippen LogP contribution is 2.42. The molecular formula is C26H20ClN3O2S. The molecule has 33 heavy (non-hydrogen) atoms. The number of rotatable bonds is 6. The third-order valence-electron chi connectivity index (χ3n) is 5.18.